The first-order valence-corrected chi connectivity index (χ1v) is 7.54. The highest BCUT2D eigenvalue weighted by Crippen LogP contribution is 2.18. The van der Waals surface area contributed by atoms with E-state index in [4.69, 9.17) is 16.7 Å². The van der Waals surface area contributed by atoms with Gasteiger partial charge in [0.05, 0.1) is 23.0 Å². The molecule has 0 unspecified atom stereocenters. The van der Waals surface area contributed by atoms with E-state index in [9.17, 15) is 4.79 Å². The van der Waals surface area contributed by atoms with Crippen molar-refractivity contribution in [2.45, 2.75) is 33.4 Å². The van der Waals surface area contributed by atoms with Crippen molar-refractivity contribution in [1.82, 2.24) is 15.1 Å². The molecule has 22 heavy (non-hydrogen) atoms. The van der Waals surface area contributed by atoms with E-state index in [0.29, 0.717) is 11.6 Å². The number of hydrogen-bond donors (Lipinski definition) is 2. The predicted molar refractivity (Wildman–Crippen MR) is 85.8 cm³/mol. The fourth-order valence-corrected chi connectivity index (χ4v) is 2.31. The van der Waals surface area contributed by atoms with Crippen LogP contribution in [0, 0.1) is 13.8 Å². The predicted octanol–water partition coefficient (Wildman–Crippen LogP) is 2.00. The van der Waals surface area contributed by atoms with Gasteiger partial charge in [-0.1, -0.05) is 35.9 Å². The lowest BCUT2D eigenvalue weighted by Gasteiger charge is -2.07. The number of carbonyl (C=O) groups is 1. The zero-order valence-electron chi connectivity index (χ0n) is 12.8. The summed E-state index contributed by atoms with van der Waals surface area (Å²) < 4.78 is 1.61. The molecule has 6 heteroatoms. The SMILES string of the molecule is Cc1nn(CC(=O)NCCc2ccc(CO)cc2)c(C)c1Cl. The van der Waals surface area contributed by atoms with Crippen LogP contribution in [0.4, 0.5) is 0 Å². The first kappa shape index (κ1) is 16.5. The summed E-state index contributed by atoms with van der Waals surface area (Å²) in [6, 6.07) is 7.68. The molecule has 0 saturated carbocycles. The molecular weight excluding hydrogens is 302 g/mol. The van der Waals surface area contributed by atoms with Gasteiger partial charge in [0.15, 0.2) is 0 Å². The summed E-state index contributed by atoms with van der Waals surface area (Å²) in [7, 11) is 0. The number of carbonyl (C=O) groups excluding carboxylic acids is 1. The molecule has 0 aliphatic carbocycles. The average molecular weight is 322 g/mol. The zero-order valence-corrected chi connectivity index (χ0v) is 13.5. The van der Waals surface area contributed by atoms with E-state index < -0.39 is 0 Å². The second kappa shape index (κ2) is 7.42. The second-order valence-electron chi connectivity index (χ2n) is 5.22. The van der Waals surface area contributed by atoms with Crippen LogP contribution in [0.1, 0.15) is 22.5 Å². The Morgan fingerprint density at radius 2 is 1.91 bits per heavy atom. The number of nitrogens with one attached hydrogen (secondary N) is 1. The van der Waals surface area contributed by atoms with Crippen LogP contribution in [0.3, 0.4) is 0 Å². The molecule has 1 heterocycles. The van der Waals surface area contributed by atoms with Crippen molar-refractivity contribution in [3.8, 4) is 0 Å². The first-order chi connectivity index (χ1) is 10.5. The quantitative estimate of drug-likeness (QED) is 0.855. The average Bonchev–Trinajstić information content (AvgIpc) is 2.75. The standard InChI is InChI=1S/C16H20ClN3O2/c1-11-16(17)12(2)20(19-11)9-15(22)18-8-7-13-3-5-14(10-21)6-4-13/h3-6,21H,7-10H2,1-2H3,(H,18,22). The monoisotopic (exact) mass is 321 g/mol. The molecule has 0 bridgehead atoms. The summed E-state index contributed by atoms with van der Waals surface area (Å²) in [5.41, 5.74) is 3.53. The van der Waals surface area contributed by atoms with Crippen molar-refractivity contribution in [2.75, 3.05) is 6.54 Å². The number of halogens is 1. The lowest BCUT2D eigenvalue weighted by molar-refractivity contribution is -0.121. The highest BCUT2D eigenvalue weighted by molar-refractivity contribution is 6.31. The molecule has 5 nitrogen and oxygen atoms in total. The van der Waals surface area contributed by atoms with Gasteiger partial charge < -0.3 is 10.4 Å². The van der Waals surface area contributed by atoms with Crippen molar-refractivity contribution < 1.29 is 9.90 Å². The minimum Gasteiger partial charge on any atom is -0.392 e. The summed E-state index contributed by atoms with van der Waals surface area (Å²) in [6.45, 7) is 4.44. The number of benzene rings is 1. The van der Waals surface area contributed by atoms with Gasteiger partial charge in [0.1, 0.15) is 6.54 Å². The van der Waals surface area contributed by atoms with Gasteiger partial charge in [-0.05, 0) is 31.4 Å². The van der Waals surface area contributed by atoms with Gasteiger partial charge in [-0.15, -0.1) is 0 Å². The Hall–Kier alpha value is -1.85. The Labute approximate surface area is 134 Å². The van der Waals surface area contributed by atoms with Gasteiger partial charge in [0.25, 0.3) is 0 Å². The molecule has 0 saturated heterocycles. The van der Waals surface area contributed by atoms with E-state index in [-0.39, 0.29) is 19.1 Å². The van der Waals surface area contributed by atoms with Gasteiger partial charge in [0.2, 0.25) is 5.91 Å². The van der Waals surface area contributed by atoms with E-state index in [1.807, 2.05) is 38.1 Å². The topological polar surface area (TPSA) is 67.2 Å². The highest BCUT2D eigenvalue weighted by atomic mass is 35.5. The van der Waals surface area contributed by atoms with Gasteiger partial charge in [-0.3, -0.25) is 9.48 Å². The van der Waals surface area contributed by atoms with Crippen molar-refractivity contribution in [3.63, 3.8) is 0 Å². The maximum atomic E-state index is 11.9. The largest absolute Gasteiger partial charge is 0.392 e. The first-order valence-electron chi connectivity index (χ1n) is 7.16. The van der Waals surface area contributed by atoms with Crippen LogP contribution >= 0.6 is 11.6 Å². The Kier molecular flexibility index (Phi) is 5.57. The lowest BCUT2D eigenvalue weighted by atomic mass is 10.1. The van der Waals surface area contributed by atoms with Crippen LogP contribution in [0.2, 0.25) is 5.02 Å². The van der Waals surface area contributed by atoms with E-state index in [1.165, 1.54) is 0 Å². The van der Waals surface area contributed by atoms with Gasteiger partial charge >= 0.3 is 0 Å². The van der Waals surface area contributed by atoms with Crippen LogP contribution in [0.5, 0.6) is 0 Å². The number of aromatic nitrogens is 2. The van der Waals surface area contributed by atoms with E-state index in [0.717, 1.165) is 28.9 Å². The fourth-order valence-electron chi connectivity index (χ4n) is 2.18. The summed E-state index contributed by atoms with van der Waals surface area (Å²) in [5, 5.41) is 16.7. The van der Waals surface area contributed by atoms with E-state index in [2.05, 4.69) is 10.4 Å². The zero-order chi connectivity index (χ0) is 16.1. The molecule has 2 N–H and O–H groups in total. The number of nitrogens with zero attached hydrogens (tertiary/aromatic N) is 2. The van der Waals surface area contributed by atoms with Crippen LogP contribution in [0.25, 0.3) is 0 Å². The molecule has 1 aromatic heterocycles. The van der Waals surface area contributed by atoms with Crippen LogP contribution in [-0.4, -0.2) is 27.3 Å². The molecule has 2 rings (SSSR count). The minimum atomic E-state index is -0.0887. The van der Waals surface area contributed by atoms with Crippen LogP contribution in [0.15, 0.2) is 24.3 Å². The minimum absolute atomic E-state index is 0.0439. The molecule has 0 radical (unpaired) electrons. The second-order valence-corrected chi connectivity index (χ2v) is 5.59. The van der Waals surface area contributed by atoms with Gasteiger partial charge in [-0.25, -0.2) is 0 Å². The van der Waals surface area contributed by atoms with Crippen LogP contribution in [-0.2, 0) is 24.4 Å². The number of aryl methyl sites for hydroxylation is 1. The van der Waals surface area contributed by atoms with E-state index in [1.54, 1.807) is 4.68 Å². The number of aliphatic hydroxyl groups is 1. The van der Waals surface area contributed by atoms with Crippen molar-refractivity contribution >= 4 is 17.5 Å². The molecular formula is C16H20ClN3O2. The van der Waals surface area contributed by atoms with Gasteiger partial charge in [-0.2, -0.15) is 5.10 Å². The number of rotatable bonds is 6. The number of aliphatic hydroxyl groups excluding tert-OH is 1. The van der Waals surface area contributed by atoms with Crippen molar-refractivity contribution in [3.05, 3.63) is 51.8 Å². The van der Waals surface area contributed by atoms with Crippen molar-refractivity contribution in [1.29, 1.82) is 0 Å². The number of amides is 1. The maximum Gasteiger partial charge on any atom is 0.241 e. The lowest BCUT2D eigenvalue weighted by Crippen LogP contribution is -2.30. The third kappa shape index (κ3) is 4.08. The molecule has 0 aliphatic heterocycles. The summed E-state index contributed by atoms with van der Waals surface area (Å²) in [5.74, 6) is -0.0887. The third-order valence-electron chi connectivity index (χ3n) is 3.53. The molecule has 118 valence electrons. The molecule has 0 atom stereocenters. The molecule has 2 aromatic rings. The molecule has 0 fully saturated rings. The Morgan fingerprint density at radius 1 is 1.27 bits per heavy atom. The third-order valence-corrected chi connectivity index (χ3v) is 4.07. The van der Waals surface area contributed by atoms with Crippen molar-refractivity contribution in [2.24, 2.45) is 0 Å². The highest BCUT2D eigenvalue weighted by Gasteiger charge is 2.11. The molecule has 0 spiro atoms. The molecule has 1 amide bonds. The fraction of sp³-hybridized carbons (Fsp3) is 0.375. The summed E-state index contributed by atoms with van der Waals surface area (Å²) in [4.78, 5) is 11.9. The Balaban J connectivity index is 1.81. The maximum absolute atomic E-state index is 11.9. The van der Waals surface area contributed by atoms with Gasteiger partial charge in [0, 0.05) is 6.54 Å². The Morgan fingerprint density at radius 3 is 2.45 bits per heavy atom. The summed E-state index contributed by atoms with van der Waals surface area (Å²) >= 11 is 6.06. The molecule has 1 aromatic carbocycles. The van der Waals surface area contributed by atoms with Crippen LogP contribution < -0.4 is 5.32 Å². The normalized spacial score (nSPS) is 10.7. The summed E-state index contributed by atoms with van der Waals surface area (Å²) in [6.07, 6.45) is 0.745. The Bertz CT molecular complexity index is 650. The number of hydrogen-bond acceptors (Lipinski definition) is 3. The molecule has 0 aliphatic rings. The van der Waals surface area contributed by atoms with E-state index >= 15 is 0 Å². The smallest absolute Gasteiger partial charge is 0.241 e.